The third-order valence-electron chi connectivity index (χ3n) is 9.80. The Labute approximate surface area is 172 Å². The molecule has 2 N–H and O–H groups in total. The van der Waals surface area contributed by atoms with Gasteiger partial charge in [0.25, 0.3) is 0 Å². The smallest absolute Gasteiger partial charge is 0.384 e. The predicted octanol–water partition coefficient (Wildman–Crippen LogP) is 2.28. The number of esters is 1. The summed E-state index contributed by atoms with van der Waals surface area (Å²) >= 11 is 0. The van der Waals surface area contributed by atoms with E-state index in [1.165, 1.54) is 0 Å². The summed E-state index contributed by atoms with van der Waals surface area (Å²) in [6, 6.07) is 0. The normalized spacial score (nSPS) is 58.3. The molecular formula is C24H32O5. The third-order valence-corrected chi connectivity index (χ3v) is 9.80. The van der Waals surface area contributed by atoms with Crippen LogP contribution in [0.4, 0.5) is 0 Å². The number of hydrogen-bond acceptors (Lipinski definition) is 5. The summed E-state index contributed by atoms with van der Waals surface area (Å²) in [6.45, 7) is 4.43. The molecule has 1 heterocycles. The molecule has 5 nitrogen and oxygen atoms in total. The molecule has 0 aromatic heterocycles. The van der Waals surface area contributed by atoms with Gasteiger partial charge >= 0.3 is 5.97 Å². The SMILES string of the molecule is CCOC(=O)C#CC12CCC3C(C4CC4C4(O)CC(O)CCC34C)C1C1CC1O2. The molecule has 5 heteroatoms. The summed E-state index contributed by atoms with van der Waals surface area (Å²) in [5, 5.41) is 22.1. The zero-order valence-corrected chi connectivity index (χ0v) is 17.4. The Bertz CT molecular complexity index is 814. The number of carbonyl (C=O) groups excluding carboxylic acids is 1. The van der Waals surface area contributed by atoms with Crippen LogP contribution >= 0.6 is 0 Å². The summed E-state index contributed by atoms with van der Waals surface area (Å²) in [5.74, 6) is 8.27. The molecule has 158 valence electrons. The lowest BCUT2D eigenvalue weighted by Gasteiger charge is -2.63. The molecule has 0 bridgehead atoms. The second-order valence-corrected chi connectivity index (χ2v) is 10.9. The standard InChI is InChI=1S/C24H32O5/c1-3-28-19(26)6-9-23-8-5-16-20(21(23)15-11-18(15)29-23)14-10-17(14)24(27)12-13(25)4-7-22(16,24)2/h13-18,20-21,25,27H,3-5,7-8,10-12H2,1-2H3. The zero-order valence-electron chi connectivity index (χ0n) is 17.4. The Balaban J connectivity index is 1.37. The largest absolute Gasteiger partial charge is 0.456 e. The van der Waals surface area contributed by atoms with Crippen LogP contribution in [0.2, 0.25) is 0 Å². The lowest BCUT2D eigenvalue weighted by atomic mass is 9.44. The number of carbonyl (C=O) groups is 1. The molecule has 0 spiro atoms. The molecular weight excluding hydrogens is 368 g/mol. The molecule has 0 aromatic rings. The zero-order chi connectivity index (χ0) is 20.2. The number of aliphatic hydroxyl groups is 2. The maximum absolute atomic E-state index is 11.9. The molecule has 6 fully saturated rings. The van der Waals surface area contributed by atoms with Crippen molar-refractivity contribution in [1.29, 1.82) is 0 Å². The van der Waals surface area contributed by atoms with E-state index < -0.39 is 17.2 Å². The third kappa shape index (κ3) is 2.32. The van der Waals surface area contributed by atoms with Crippen molar-refractivity contribution in [3.8, 4) is 11.8 Å². The molecule has 1 aliphatic heterocycles. The predicted molar refractivity (Wildman–Crippen MR) is 104 cm³/mol. The highest BCUT2D eigenvalue weighted by molar-refractivity contribution is 5.88. The summed E-state index contributed by atoms with van der Waals surface area (Å²) in [7, 11) is 0. The minimum Gasteiger partial charge on any atom is -0.456 e. The Morgan fingerprint density at radius 2 is 2.03 bits per heavy atom. The van der Waals surface area contributed by atoms with Crippen molar-refractivity contribution in [1.82, 2.24) is 0 Å². The second-order valence-electron chi connectivity index (χ2n) is 10.9. The van der Waals surface area contributed by atoms with Gasteiger partial charge in [-0.25, -0.2) is 4.79 Å². The van der Waals surface area contributed by atoms with Crippen LogP contribution in [0.1, 0.15) is 58.8 Å². The van der Waals surface area contributed by atoms with Crippen LogP contribution in [0, 0.1) is 52.8 Å². The minimum atomic E-state index is -0.727. The minimum absolute atomic E-state index is 0.137. The van der Waals surface area contributed by atoms with Crippen LogP contribution in [0.5, 0.6) is 0 Å². The van der Waals surface area contributed by atoms with E-state index in [0.717, 1.165) is 38.5 Å². The first-order valence-corrected chi connectivity index (χ1v) is 11.6. The van der Waals surface area contributed by atoms with Crippen molar-refractivity contribution >= 4 is 5.97 Å². The lowest BCUT2D eigenvalue weighted by molar-refractivity contribution is -0.228. The van der Waals surface area contributed by atoms with E-state index in [9.17, 15) is 15.0 Å². The quantitative estimate of drug-likeness (QED) is 0.401. The molecule has 6 rings (SSSR count). The Hall–Kier alpha value is -1.09. The maximum Gasteiger partial charge on any atom is 0.384 e. The van der Waals surface area contributed by atoms with Crippen LogP contribution in [-0.2, 0) is 14.3 Å². The van der Waals surface area contributed by atoms with E-state index in [0.29, 0.717) is 54.6 Å². The maximum atomic E-state index is 11.9. The molecule has 29 heavy (non-hydrogen) atoms. The van der Waals surface area contributed by atoms with E-state index >= 15 is 0 Å². The van der Waals surface area contributed by atoms with Crippen molar-refractivity contribution < 1.29 is 24.5 Å². The van der Waals surface area contributed by atoms with Gasteiger partial charge in [0.05, 0.1) is 24.4 Å². The first-order chi connectivity index (χ1) is 13.8. The number of rotatable bonds is 1. The van der Waals surface area contributed by atoms with Crippen molar-refractivity contribution in [2.45, 2.75) is 82.2 Å². The molecule has 1 saturated heterocycles. The van der Waals surface area contributed by atoms with Crippen molar-refractivity contribution in [2.75, 3.05) is 6.61 Å². The Morgan fingerprint density at radius 3 is 2.83 bits per heavy atom. The Morgan fingerprint density at radius 1 is 1.21 bits per heavy atom. The fourth-order valence-electron chi connectivity index (χ4n) is 8.49. The summed E-state index contributed by atoms with van der Waals surface area (Å²) in [5.41, 5.74) is -1.37. The number of hydrogen-bond donors (Lipinski definition) is 2. The molecule has 0 radical (unpaired) electrons. The fraction of sp³-hybridized carbons (Fsp3) is 0.875. The van der Waals surface area contributed by atoms with Gasteiger partial charge in [0, 0.05) is 18.3 Å². The molecule has 5 saturated carbocycles. The molecule has 11 atom stereocenters. The average molecular weight is 401 g/mol. The van der Waals surface area contributed by atoms with Crippen LogP contribution in [0.3, 0.4) is 0 Å². The van der Waals surface area contributed by atoms with Gasteiger partial charge in [0.1, 0.15) is 5.60 Å². The van der Waals surface area contributed by atoms with Gasteiger partial charge in [0.15, 0.2) is 0 Å². The number of fused-ring (bicyclic) bond motifs is 10. The monoisotopic (exact) mass is 400 g/mol. The van der Waals surface area contributed by atoms with E-state index in [1.54, 1.807) is 6.92 Å². The van der Waals surface area contributed by atoms with Gasteiger partial charge < -0.3 is 19.7 Å². The van der Waals surface area contributed by atoms with Crippen molar-refractivity contribution in [3.05, 3.63) is 0 Å². The average Bonchev–Trinajstić information content (AvgIpc) is 3.59. The molecule has 0 amide bonds. The number of aliphatic hydroxyl groups excluding tert-OH is 1. The molecule has 11 unspecified atom stereocenters. The molecule has 6 aliphatic rings. The highest BCUT2D eigenvalue weighted by Crippen LogP contribution is 2.77. The van der Waals surface area contributed by atoms with Gasteiger partial charge in [0.2, 0.25) is 0 Å². The highest BCUT2D eigenvalue weighted by atomic mass is 16.5. The van der Waals surface area contributed by atoms with Gasteiger partial charge in [-0.1, -0.05) is 12.8 Å². The van der Waals surface area contributed by atoms with Gasteiger partial charge in [-0.05, 0) is 80.5 Å². The van der Waals surface area contributed by atoms with Crippen LogP contribution in [0.15, 0.2) is 0 Å². The van der Waals surface area contributed by atoms with Crippen LogP contribution in [0.25, 0.3) is 0 Å². The number of ether oxygens (including phenoxy) is 2. The fourth-order valence-corrected chi connectivity index (χ4v) is 8.49. The van der Waals surface area contributed by atoms with Gasteiger partial charge in [-0.2, -0.15) is 0 Å². The van der Waals surface area contributed by atoms with Crippen molar-refractivity contribution in [2.24, 2.45) is 40.9 Å². The summed E-state index contributed by atoms with van der Waals surface area (Å²) < 4.78 is 11.5. The van der Waals surface area contributed by atoms with E-state index in [1.807, 2.05) is 0 Å². The second kappa shape index (κ2) is 5.78. The Kier molecular flexibility index (Phi) is 3.72. The van der Waals surface area contributed by atoms with E-state index in [2.05, 4.69) is 18.8 Å². The van der Waals surface area contributed by atoms with Gasteiger partial charge in [-0.3, -0.25) is 0 Å². The first kappa shape index (κ1) is 18.7. The van der Waals surface area contributed by atoms with Crippen LogP contribution in [-0.4, -0.2) is 46.2 Å². The van der Waals surface area contributed by atoms with Crippen molar-refractivity contribution in [3.63, 3.8) is 0 Å². The van der Waals surface area contributed by atoms with Gasteiger partial charge in [-0.15, -0.1) is 0 Å². The summed E-state index contributed by atoms with van der Waals surface area (Å²) in [4.78, 5) is 11.9. The van der Waals surface area contributed by atoms with E-state index in [-0.39, 0.29) is 11.5 Å². The molecule has 0 aromatic carbocycles. The lowest BCUT2D eigenvalue weighted by Crippen LogP contribution is -2.65. The molecule has 5 aliphatic carbocycles. The first-order valence-electron chi connectivity index (χ1n) is 11.6. The van der Waals surface area contributed by atoms with Crippen LogP contribution < -0.4 is 0 Å². The summed E-state index contributed by atoms with van der Waals surface area (Å²) in [6.07, 6.45) is 6.16. The van der Waals surface area contributed by atoms with E-state index in [4.69, 9.17) is 9.47 Å². The topological polar surface area (TPSA) is 76.0 Å². The highest BCUT2D eigenvalue weighted by Gasteiger charge is 2.77.